The van der Waals surface area contributed by atoms with Crippen LogP contribution in [0.5, 0.6) is 0 Å². The van der Waals surface area contributed by atoms with Gasteiger partial charge in [0.2, 0.25) is 0 Å². The van der Waals surface area contributed by atoms with Crippen LogP contribution in [0.2, 0.25) is 0 Å². The summed E-state index contributed by atoms with van der Waals surface area (Å²) >= 11 is 0. The summed E-state index contributed by atoms with van der Waals surface area (Å²) in [7, 11) is 0. The summed E-state index contributed by atoms with van der Waals surface area (Å²) in [5.74, 6) is 0. The SMILES string of the molecule is CCCCCCCC1OC(C)(C)C(C)(C)O1. The maximum atomic E-state index is 5.95. The lowest BCUT2D eigenvalue weighted by Gasteiger charge is -2.30. The fraction of sp³-hybridized carbons (Fsp3) is 1.00. The lowest BCUT2D eigenvalue weighted by Crippen LogP contribution is -2.41. The molecule has 0 amide bonds. The van der Waals surface area contributed by atoms with Gasteiger partial charge in [0, 0.05) is 0 Å². The van der Waals surface area contributed by atoms with E-state index in [1.165, 1.54) is 32.1 Å². The van der Waals surface area contributed by atoms with Crippen molar-refractivity contribution in [3.8, 4) is 0 Å². The summed E-state index contributed by atoms with van der Waals surface area (Å²) in [5.41, 5.74) is -0.331. The van der Waals surface area contributed by atoms with Crippen LogP contribution in [0.15, 0.2) is 0 Å². The topological polar surface area (TPSA) is 18.5 Å². The van der Waals surface area contributed by atoms with E-state index in [0.29, 0.717) is 0 Å². The molecule has 1 aliphatic rings. The number of unbranched alkanes of at least 4 members (excludes halogenated alkanes) is 4. The Bertz CT molecular complexity index is 193. The highest BCUT2D eigenvalue weighted by molar-refractivity contribution is 4.94. The van der Waals surface area contributed by atoms with Gasteiger partial charge in [-0.1, -0.05) is 32.6 Å². The normalized spacial score (nSPS) is 23.8. The summed E-state index contributed by atoms with van der Waals surface area (Å²) in [5, 5.41) is 0. The lowest BCUT2D eigenvalue weighted by molar-refractivity contribution is -0.0913. The fourth-order valence-corrected chi connectivity index (χ4v) is 2.00. The van der Waals surface area contributed by atoms with Crippen molar-refractivity contribution < 1.29 is 9.47 Å². The van der Waals surface area contributed by atoms with Crippen molar-refractivity contribution in [3.05, 3.63) is 0 Å². The van der Waals surface area contributed by atoms with Gasteiger partial charge in [0.05, 0.1) is 11.2 Å². The predicted octanol–water partition coefficient (Wildman–Crippen LogP) is 4.28. The zero-order valence-electron chi connectivity index (χ0n) is 11.6. The van der Waals surface area contributed by atoms with Crippen molar-refractivity contribution in [1.29, 1.82) is 0 Å². The summed E-state index contributed by atoms with van der Waals surface area (Å²) in [4.78, 5) is 0. The van der Waals surface area contributed by atoms with Crippen molar-refractivity contribution in [1.82, 2.24) is 0 Å². The van der Waals surface area contributed by atoms with Gasteiger partial charge in [0.1, 0.15) is 0 Å². The molecule has 1 rings (SSSR count). The number of hydrogen-bond acceptors (Lipinski definition) is 2. The molecule has 0 aliphatic carbocycles. The molecule has 0 aromatic rings. The highest BCUT2D eigenvalue weighted by atomic mass is 16.7. The first kappa shape index (κ1) is 14.0. The molecule has 0 saturated carbocycles. The Balaban J connectivity index is 2.21. The highest BCUT2D eigenvalue weighted by Crippen LogP contribution is 2.39. The number of ether oxygens (including phenoxy) is 2. The monoisotopic (exact) mass is 228 g/mol. The Morgan fingerprint density at radius 3 is 1.81 bits per heavy atom. The maximum Gasteiger partial charge on any atom is 0.159 e. The molecule has 1 fully saturated rings. The van der Waals surface area contributed by atoms with E-state index in [4.69, 9.17) is 9.47 Å². The molecule has 96 valence electrons. The van der Waals surface area contributed by atoms with Crippen molar-refractivity contribution in [2.24, 2.45) is 0 Å². The smallest absolute Gasteiger partial charge is 0.159 e. The second-order valence-electron chi connectivity index (χ2n) is 5.89. The zero-order valence-corrected chi connectivity index (χ0v) is 11.6. The van der Waals surface area contributed by atoms with Crippen LogP contribution in [0.25, 0.3) is 0 Å². The molecule has 0 unspecified atom stereocenters. The Morgan fingerprint density at radius 1 is 0.812 bits per heavy atom. The van der Waals surface area contributed by atoms with Crippen LogP contribution in [-0.2, 0) is 9.47 Å². The van der Waals surface area contributed by atoms with Gasteiger partial charge in [-0.05, 0) is 40.5 Å². The first-order valence-corrected chi connectivity index (χ1v) is 6.75. The van der Waals surface area contributed by atoms with Gasteiger partial charge in [-0.2, -0.15) is 0 Å². The average Bonchev–Trinajstić information content (AvgIpc) is 2.35. The molecule has 0 radical (unpaired) electrons. The predicted molar refractivity (Wildman–Crippen MR) is 67.5 cm³/mol. The minimum atomic E-state index is -0.166. The van der Waals surface area contributed by atoms with Crippen LogP contribution >= 0.6 is 0 Å². The number of rotatable bonds is 6. The number of hydrogen-bond donors (Lipinski definition) is 0. The van der Waals surface area contributed by atoms with Crippen LogP contribution in [0, 0.1) is 0 Å². The van der Waals surface area contributed by atoms with E-state index < -0.39 is 0 Å². The molecule has 0 spiro atoms. The van der Waals surface area contributed by atoms with E-state index in [0.717, 1.165) is 6.42 Å². The Morgan fingerprint density at radius 2 is 1.31 bits per heavy atom. The molecule has 0 bridgehead atoms. The molecule has 2 nitrogen and oxygen atoms in total. The molecule has 2 heteroatoms. The van der Waals surface area contributed by atoms with Crippen LogP contribution in [0.4, 0.5) is 0 Å². The summed E-state index contributed by atoms with van der Waals surface area (Å²) in [6, 6.07) is 0. The first-order chi connectivity index (χ1) is 7.39. The molecule has 1 heterocycles. The van der Waals surface area contributed by atoms with Gasteiger partial charge in [-0.3, -0.25) is 0 Å². The van der Waals surface area contributed by atoms with Crippen LogP contribution < -0.4 is 0 Å². The molecule has 0 aromatic carbocycles. The van der Waals surface area contributed by atoms with E-state index in [9.17, 15) is 0 Å². The lowest BCUT2D eigenvalue weighted by atomic mass is 9.90. The van der Waals surface area contributed by atoms with Crippen molar-refractivity contribution in [2.75, 3.05) is 0 Å². The molecule has 1 aliphatic heterocycles. The fourth-order valence-electron chi connectivity index (χ4n) is 2.00. The van der Waals surface area contributed by atoms with Crippen LogP contribution in [0.3, 0.4) is 0 Å². The Hall–Kier alpha value is -0.0800. The quantitative estimate of drug-likeness (QED) is 0.632. The Kier molecular flexibility index (Phi) is 4.81. The molecular formula is C14H28O2. The van der Waals surface area contributed by atoms with Crippen LogP contribution in [0.1, 0.15) is 73.1 Å². The van der Waals surface area contributed by atoms with E-state index in [1.54, 1.807) is 0 Å². The van der Waals surface area contributed by atoms with E-state index >= 15 is 0 Å². The van der Waals surface area contributed by atoms with Crippen LogP contribution in [-0.4, -0.2) is 17.5 Å². The third-order valence-corrected chi connectivity index (χ3v) is 3.85. The molecule has 0 atom stereocenters. The van der Waals surface area contributed by atoms with Gasteiger partial charge < -0.3 is 9.47 Å². The standard InChI is InChI=1S/C14H28O2/c1-6-7-8-9-10-11-12-15-13(2,3)14(4,5)16-12/h12H,6-11H2,1-5H3. The minimum absolute atomic E-state index is 0.00614. The van der Waals surface area contributed by atoms with E-state index in [2.05, 4.69) is 34.6 Å². The van der Waals surface area contributed by atoms with Gasteiger partial charge in [0.25, 0.3) is 0 Å². The third-order valence-electron chi connectivity index (χ3n) is 3.85. The largest absolute Gasteiger partial charge is 0.344 e. The van der Waals surface area contributed by atoms with Crippen molar-refractivity contribution in [3.63, 3.8) is 0 Å². The minimum Gasteiger partial charge on any atom is -0.344 e. The third kappa shape index (κ3) is 3.46. The van der Waals surface area contributed by atoms with E-state index in [-0.39, 0.29) is 17.5 Å². The Labute approximate surface area is 101 Å². The van der Waals surface area contributed by atoms with E-state index in [1.807, 2.05) is 0 Å². The highest BCUT2D eigenvalue weighted by Gasteiger charge is 2.48. The molecular weight excluding hydrogens is 200 g/mol. The summed E-state index contributed by atoms with van der Waals surface area (Å²) < 4.78 is 11.9. The summed E-state index contributed by atoms with van der Waals surface area (Å²) in [6.45, 7) is 10.7. The van der Waals surface area contributed by atoms with Gasteiger partial charge in [0.15, 0.2) is 6.29 Å². The maximum absolute atomic E-state index is 5.95. The zero-order chi connectivity index (χ0) is 12.2. The molecule has 16 heavy (non-hydrogen) atoms. The van der Waals surface area contributed by atoms with Gasteiger partial charge >= 0.3 is 0 Å². The molecule has 0 N–H and O–H groups in total. The summed E-state index contributed by atoms with van der Waals surface area (Å²) in [6.07, 6.45) is 7.56. The molecule has 0 aromatic heterocycles. The van der Waals surface area contributed by atoms with Crippen molar-refractivity contribution >= 4 is 0 Å². The second-order valence-corrected chi connectivity index (χ2v) is 5.89. The average molecular weight is 228 g/mol. The molecule has 1 saturated heterocycles. The first-order valence-electron chi connectivity index (χ1n) is 6.75. The van der Waals surface area contributed by atoms with Gasteiger partial charge in [-0.15, -0.1) is 0 Å². The van der Waals surface area contributed by atoms with Crippen molar-refractivity contribution in [2.45, 2.75) is 90.6 Å². The van der Waals surface area contributed by atoms with Gasteiger partial charge in [-0.25, -0.2) is 0 Å². The second kappa shape index (κ2) is 5.50.